The van der Waals surface area contributed by atoms with Crippen LogP contribution in [0.5, 0.6) is 0 Å². The second-order valence-corrected chi connectivity index (χ2v) is 4.85. The number of rotatable bonds is 0. The molecule has 4 bridgehead atoms. The molecule has 0 N–H and O–H groups in total. The van der Waals surface area contributed by atoms with E-state index in [0.717, 1.165) is 12.8 Å². The van der Waals surface area contributed by atoms with Crippen molar-refractivity contribution in [2.24, 2.45) is 17.8 Å². The van der Waals surface area contributed by atoms with Crippen LogP contribution in [0, 0.1) is 17.8 Å². The van der Waals surface area contributed by atoms with Gasteiger partial charge in [0.1, 0.15) is 6.10 Å². The van der Waals surface area contributed by atoms with Crippen LogP contribution in [-0.4, -0.2) is 12.1 Å². The van der Waals surface area contributed by atoms with E-state index in [1.54, 1.807) is 0 Å². The number of ether oxygens (including phenoxy) is 1. The first kappa shape index (κ1) is 7.84. The second-order valence-electron chi connectivity index (χ2n) is 4.85. The van der Waals surface area contributed by atoms with Gasteiger partial charge in [-0.3, -0.25) is 4.79 Å². The van der Waals surface area contributed by atoms with E-state index in [1.807, 2.05) is 0 Å². The largest absolute Gasteiger partial charge is 0.462 e. The molecule has 2 aliphatic heterocycles. The third-order valence-electron chi connectivity index (χ3n) is 4.18. The molecule has 3 rings (SSSR count). The number of carbonyl (C=O) groups is 1. The zero-order valence-electron chi connectivity index (χ0n) is 7.87. The molecule has 0 spiro atoms. The van der Waals surface area contributed by atoms with Gasteiger partial charge in [-0.2, -0.15) is 0 Å². The smallest absolute Gasteiger partial charge is 0.309 e. The third-order valence-corrected chi connectivity index (χ3v) is 4.18. The minimum atomic E-state index is 0.120. The molecule has 2 nitrogen and oxygen atoms in total. The van der Waals surface area contributed by atoms with Crippen LogP contribution in [0.2, 0.25) is 0 Å². The lowest BCUT2D eigenvalue weighted by atomic mass is 9.84. The van der Waals surface area contributed by atoms with Crippen LogP contribution >= 0.6 is 0 Å². The van der Waals surface area contributed by atoms with Crippen molar-refractivity contribution in [3.05, 3.63) is 0 Å². The van der Waals surface area contributed by atoms with E-state index in [-0.39, 0.29) is 18.0 Å². The number of fused-ring (bicyclic) bond motifs is 7. The maximum absolute atomic E-state index is 11.7. The Morgan fingerprint density at radius 3 is 2.85 bits per heavy atom. The van der Waals surface area contributed by atoms with Gasteiger partial charge in [0, 0.05) is 0 Å². The highest BCUT2D eigenvalue weighted by molar-refractivity contribution is 5.73. The first-order valence-electron chi connectivity index (χ1n) is 5.55. The van der Waals surface area contributed by atoms with Crippen molar-refractivity contribution < 1.29 is 9.53 Å². The summed E-state index contributed by atoms with van der Waals surface area (Å²) in [6, 6.07) is 0. The quantitative estimate of drug-likeness (QED) is 0.534. The second kappa shape index (κ2) is 2.73. The molecule has 0 aromatic rings. The fourth-order valence-corrected chi connectivity index (χ4v) is 3.47. The molecule has 13 heavy (non-hydrogen) atoms. The lowest BCUT2D eigenvalue weighted by Gasteiger charge is -2.20. The first-order valence-corrected chi connectivity index (χ1v) is 5.55. The Hall–Kier alpha value is -0.530. The maximum Gasteiger partial charge on any atom is 0.309 e. The van der Waals surface area contributed by atoms with E-state index in [4.69, 9.17) is 4.74 Å². The van der Waals surface area contributed by atoms with E-state index in [0.29, 0.717) is 11.8 Å². The lowest BCUT2D eigenvalue weighted by Crippen LogP contribution is -2.24. The van der Waals surface area contributed by atoms with Gasteiger partial charge >= 0.3 is 5.97 Å². The van der Waals surface area contributed by atoms with E-state index in [9.17, 15) is 4.79 Å². The fourth-order valence-electron chi connectivity index (χ4n) is 3.47. The Kier molecular flexibility index (Phi) is 1.64. The van der Waals surface area contributed by atoms with E-state index in [2.05, 4.69) is 0 Å². The number of esters is 1. The summed E-state index contributed by atoms with van der Waals surface area (Å²) in [4.78, 5) is 11.7. The van der Waals surface area contributed by atoms with Crippen molar-refractivity contribution >= 4 is 5.97 Å². The van der Waals surface area contributed by atoms with Crippen LogP contribution in [0.25, 0.3) is 0 Å². The summed E-state index contributed by atoms with van der Waals surface area (Å²) in [6.45, 7) is 0. The molecular weight excluding hydrogens is 164 g/mol. The summed E-state index contributed by atoms with van der Waals surface area (Å²) < 4.78 is 5.53. The summed E-state index contributed by atoms with van der Waals surface area (Å²) in [7, 11) is 0. The van der Waals surface area contributed by atoms with Crippen LogP contribution in [-0.2, 0) is 9.53 Å². The Morgan fingerprint density at radius 1 is 1.08 bits per heavy atom. The molecule has 72 valence electrons. The van der Waals surface area contributed by atoms with Gasteiger partial charge in [-0.05, 0) is 50.4 Å². The van der Waals surface area contributed by atoms with Crippen molar-refractivity contribution in [2.75, 3.05) is 0 Å². The predicted molar refractivity (Wildman–Crippen MR) is 48.1 cm³/mol. The topological polar surface area (TPSA) is 26.3 Å². The number of hydrogen-bond acceptors (Lipinski definition) is 2. The maximum atomic E-state index is 11.7. The van der Waals surface area contributed by atoms with Gasteiger partial charge in [0.05, 0.1) is 5.92 Å². The lowest BCUT2D eigenvalue weighted by molar-refractivity contribution is -0.154. The van der Waals surface area contributed by atoms with E-state index >= 15 is 0 Å². The van der Waals surface area contributed by atoms with Gasteiger partial charge in [0.15, 0.2) is 0 Å². The van der Waals surface area contributed by atoms with Crippen LogP contribution < -0.4 is 0 Å². The monoisotopic (exact) mass is 180 g/mol. The summed E-state index contributed by atoms with van der Waals surface area (Å²) in [5.41, 5.74) is 0. The molecule has 2 heterocycles. The summed E-state index contributed by atoms with van der Waals surface area (Å²) >= 11 is 0. The fraction of sp³-hybridized carbons (Fsp3) is 0.909. The van der Waals surface area contributed by atoms with Crippen molar-refractivity contribution in [1.82, 2.24) is 0 Å². The highest BCUT2D eigenvalue weighted by atomic mass is 16.5. The molecule has 0 aromatic carbocycles. The van der Waals surface area contributed by atoms with Crippen molar-refractivity contribution in [2.45, 2.75) is 44.6 Å². The standard InChI is InChI=1S/C11H16O2/c12-11-9-2-1-3-10(13-11)8-5-4-7(9)6-8/h7-10H,1-6H2/t7-,8+,9+,10-/m1/s1. The minimum Gasteiger partial charge on any atom is -0.462 e. The molecule has 2 heteroatoms. The minimum absolute atomic E-state index is 0.120. The van der Waals surface area contributed by atoms with E-state index in [1.165, 1.54) is 25.7 Å². The van der Waals surface area contributed by atoms with Crippen LogP contribution in [0.4, 0.5) is 0 Å². The predicted octanol–water partition coefficient (Wildman–Crippen LogP) is 2.13. The summed E-state index contributed by atoms with van der Waals surface area (Å²) in [5, 5.41) is 0. The normalized spacial score (nSPS) is 48.5. The van der Waals surface area contributed by atoms with Crippen LogP contribution in [0.3, 0.4) is 0 Å². The van der Waals surface area contributed by atoms with Gasteiger partial charge in [0.2, 0.25) is 0 Å². The number of hydrogen-bond donors (Lipinski definition) is 0. The molecule has 3 aliphatic rings. The molecule has 3 fully saturated rings. The molecule has 0 unspecified atom stereocenters. The molecule has 1 aliphatic carbocycles. The Labute approximate surface area is 78.6 Å². The third kappa shape index (κ3) is 1.11. The Morgan fingerprint density at radius 2 is 1.92 bits per heavy atom. The Balaban J connectivity index is 1.96. The van der Waals surface area contributed by atoms with Gasteiger partial charge < -0.3 is 4.74 Å². The zero-order chi connectivity index (χ0) is 8.84. The number of carbonyl (C=O) groups excluding carboxylic acids is 1. The van der Waals surface area contributed by atoms with Gasteiger partial charge in [-0.15, -0.1) is 0 Å². The Bertz CT molecular complexity index is 236. The van der Waals surface area contributed by atoms with E-state index < -0.39 is 0 Å². The van der Waals surface area contributed by atoms with Crippen LogP contribution in [0.15, 0.2) is 0 Å². The molecule has 0 radical (unpaired) electrons. The average molecular weight is 180 g/mol. The highest BCUT2D eigenvalue weighted by Crippen LogP contribution is 2.46. The summed E-state index contributed by atoms with van der Waals surface area (Å²) in [5.74, 6) is 1.76. The highest BCUT2D eigenvalue weighted by Gasteiger charge is 2.45. The van der Waals surface area contributed by atoms with Crippen molar-refractivity contribution in [1.29, 1.82) is 0 Å². The van der Waals surface area contributed by atoms with Crippen LogP contribution in [0.1, 0.15) is 38.5 Å². The molecule has 0 amide bonds. The van der Waals surface area contributed by atoms with Crippen molar-refractivity contribution in [3.63, 3.8) is 0 Å². The SMILES string of the molecule is O=C1O[C@@H]2CCC[C@H]1[C@@H]1CC[C@H]2C1. The molecule has 4 atom stereocenters. The molecular formula is C11H16O2. The summed E-state index contributed by atoms with van der Waals surface area (Å²) in [6.07, 6.45) is 7.55. The first-order chi connectivity index (χ1) is 6.34. The van der Waals surface area contributed by atoms with Crippen molar-refractivity contribution in [3.8, 4) is 0 Å². The van der Waals surface area contributed by atoms with Gasteiger partial charge in [-0.1, -0.05) is 0 Å². The average Bonchev–Trinajstić information content (AvgIpc) is 2.46. The molecule has 1 saturated carbocycles. The van der Waals surface area contributed by atoms with Gasteiger partial charge in [0.25, 0.3) is 0 Å². The van der Waals surface area contributed by atoms with Gasteiger partial charge in [-0.25, -0.2) is 0 Å². The zero-order valence-corrected chi connectivity index (χ0v) is 7.87. The molecule has 0 aromatic heterocycles. The molecule has 2 saturated heterocycles.